The first-order valence-electron chi connectivity index (χ1n) is 7.80. The Balaban J connectivity index is 1.78. The van der Waals surface area contributed by atoms with Crippen LogP contribution in [0.5, 0.6) is 0 Å². The number of benzene rings is 2. The molecule has 0 saturated carbocycles. The maximum Gasteiger partial charge on any atom is 0.411 e. The van der Waals surface area contributed by atoms with E-state index in [1.165, 1.54) is 0 Å². The van der Waals surface area contributed by atoms with Gasteiger partial charge in [-0.15, -0.1) is 0 Å². The smallest absolute Gasteiger partial charge is 0.411 e. The normalized spacial score (nSPS) is 12.0. The van der Waals surface area contributed by atoms with Gasteiger partial charge in [0, 0.05) is 5.92 Å². The van der Waals surface area contributed by atoms with Crippen LogP contribution in [0.1, 0.15) is 17.0 Å². The molecule has 1 N–H and O–H groups in total. The van der Waals surface area contributed by atoms with Gasteiger partial charge in [-0.2, -0.15) is 5.26 Å². The summed E-state index contributed by atoms with van der Waals surface area (Å²) < 4.78 is 5.33. The number of hydrogen-bond acceptors (Lipinski definition) is 4. The molecular formula is C19H16N2O4. The molecule has 1 amide bonds. The minimum Gasteiger partial charge on any atom is -0.480 e. The van der Waals surface area contributed by atoms with Crippen molar-refractivity contribution in [3.8, 4) is 17.2 Å². The monoisotopic (exact) mass is 336 g/mol. The number of fused-ring (bicyclic) bond motifs is 3. The van der Waals surface area contributed by atoms with Crippen LogP contribution in [0.3, 0.4) is 0 Å². The summed E-state index contributed by atoms with van der Waals surface area (Å²) in [5.74, 6) is -1.30. The lowest BCUT2D eigenvalue weighted by atomic mass is 9.98. The first-order chi connectivity index (χ1) is 12.1. The zero-order valence-corrected chi connectivity index (χ0v) is 13.4. The highest BCUT2D eigenvalue weighted by molar-refractivity contribution is 5.79. The molecule has 2 aromatic carbocycles. The molecule has 2 aromatic rings. The van der Waals surface area contributed by atoms with Gasteiger partial charge in [-0.1, -0.05) is 48.5 Å². The molecule has 0 aliphatic heterocycles. The summed E-state index contributed by atoms with van der Waals surface area (Å²) in [7, 11) is 0. The molecule has 0 unspecified atom stereocenters. The summed E-state index contributed by atoms with van der Waals surface area (Å²) in [5, 5.41) is 17.6. The maximum absolute atomic E-state index is 12.1. The lowest BCUT2D eigenvalue weighted by molar-refractivity contribution is -0.137. The third-order valence-corrected chi connectivity index (χ3v) is 4.18. The fourth-order valence-corrected chi connectivity index (χ4v) is 3.12. The molecule has 0 radical (unpaired) electrons. The minimum absolute atomic E-state index is 0.0917. The summed E-state index contributed by atoms with van der Waals surface area (Å²) in [6, 6.07) is 17.6. The van der Waals surface area contributed by atoms with Crippen LogP contribution in [0.2, 0.25) is 0 Å². The molecule has 0 fully saturated rings. The van der Waals surface area contributed by atoms with E-state index in [2.05, 4.69) is 0 Å². The van der Waals surface area contributed by atoms with Gasteiger partial charge in [0.05, 0.1) is 6.07 Å². The number of amides is 1. The Hall–Kier alpha value is -3.33. The van der Waals surface area contributed by atoms with Gasteiger partial charge in [-0.25, -0.2) is 4.79 Å². The Bertz CT molecular complexity index is 811. The zero-order chi connectivity index (χ0) is 17.8. The summed E-state index contributed by atoms with van der Waals surface area (Å²) in [5.41, 5.74) is 4.36. The number of nitrogens with zero attached hydrogens (tertiary/aromatic N) is 2. The third-order valence-electron chi connectivity index (χ3n) is 4.18. The van der Waals surface area contributed by atoms with E-state index in [4.69, 9.17) is 15.1 Å². The van der Waals surface area contributed by atoms with Crippen LogP contribution >= 0.6 is 0 Å². The van der Waals surface area contributed by atoms with E-state index in [9.17, 15) is 9.59 Å². The maximum atomic E-state index is 12.1. The van der Waals surface area contributed by atoms with E-state index in [0.717, 1.165) is 27.2 Å². The Kier molecular flexibility index (Phi) is 4.66. The van der Waals surface area contributed by atoms with E-state index in [1.807, 2.05) is 48.5 Å². The van der Waals surface area contributed by atoms with Crippen molar-refractivity contribution in [2.45, 2.75) is 5.92 Å². The lowest BCUT2D eigenvalue weighted by Gasteiger charge is -2.19. The number of carbonyl (C=O) groups excluding carboxylic acids is 1. The Morgan fingerprint density at radius 2 is 1.64 bits per heavy atom. The molecule has 25 heavy (non-hydrogen) atoms. The van der Waals surface area contributed by atoms with Gasteiger partial charge >= 0.3 is 12.1 Å². The van der Waals surface area contributed by atoms with Crippen LogP contribution in [0.15, 0.2) is 48.5 Å². The van der Waals surface area contributed by atoms with Crippen molar-refractivity contribution in [1.29, 1.82) is 5.26 Å². The molecular weight excluding hydrogens is 320 g/mol. The van der Waals surface area contributed by atoms with Crippen LogP contribution in [0.4, 0.5) is 4.79 Å². The predicted octanol–water partition coefficient (Wildman–Crippen LogP) is 2.85. The number of aliphatic carboxylic acids is 1. The SMILES string of the molecule is N#CCN(CC(=O)O)C(=O)OCC1c2ccccc2-c2ccccc21. The quantitative estimate of drug-likeness (QED) is 0.848. The van der Waals surface area contributed by atoms with Gasteiger partial charge in [-0.05, 0) is 22.3 Å². The molecule has 1 aliphatic rings. The van der Waals surface area contributed by atoms with Crippen molar-refractivity contribution in [1.82, 2.24) is 4.90 Å². The van der Waals surface area contributed by atoms with Crippen LogP contribution in [0, 0.1) is 11.3 Å². The lowest BCUT2D eigenvalue weighted by Crippen LogP contribution is -2.37. The molecule has 0 saturated heterocycles. The highest BCUT2D eigenvalue weighted by Gasteiger charge is 2.29. The summed E-state index contributed by atoms with van der Waals surface area (Å²) >= 11 is 0. The fourth-order valence-electron chi connectivity index (χ4n) is 3.12. The standard InChI is InChI=1S/C19H16N2O4/c20-9-10-21(11-18(22)23)19(24)25-12-17-15-7-3-1-5-13(15)14-6-2-4-8-16(14)17/h1-8,17H,10-12H2,(H,22,23). The first kappa shape index (κ1) is 16.5. The fraction of sp³-hybridized carbons (Fsp3) is 0.211. The highest BCUT2D eigenvalue weighted by Crippen LogP contribution is 2.44. The van der Waals surface area contributed by atoms with Crippen molar-refractivity contribution in [3.63, 3.8) is 0 Å². The number of nitriles is 1. The van der Waals surface area contributed by atoms with E-state index >= 15 is 0 Å². The van der Waals surface area contributed by atoms with Gasteiger partial charge in [0.25, 0.3) is 0 Å². The van der Waals surface area contributed by atoms with Gasteiger partial charge in [0.1, 0.15) is 19.7 Å². The number of rotatable bonds is 5. The molecule has 0 aromatic heterocycles. The van der Waals surface area contributed by atoms with E-state index in [1.54, 1.807) is 6.07 Å². The number of hydrogen-bond donors (Lipinski definition) is 1. The molecule has 3 rings (SSSR count). The molecule has 0 spiro atoms. The molecule has 6 nitrogen and oxygen atoms in total. The average Bonchev–Trinajstić information content (AvgIpc) is 2.93. The summed E-state index contributed by atoms with van der Waals surface area (Å²) in [6.45, 7) is -0.804. The van der Waals surface area contributed by atoms with E-state index < -0.39 is 18.6 Å². The number of carbonyl (C=O) groups is 2. The summed E-state index contributed by atoms with van der Waals surface area (Å²) in [6.07, 6.45) is -0.800. The Morgan fingerprint density at radius 3 is 2.16 bits per heavy atom. The predicted molar refractivity (Wildman–Crippen MR) is 89.9 cm³/mol. The molecule has 6 heteroatoms. The van der Waals surface area contributed by atoms with Gasteiger partial charge in [0.2, 0.25) is 0 Å². The number of carboxylic acids is 1. The van der Waals surface area contributed by atoms with Crippen LogP contribution in [-0.4, -0.2) is 41.8 Å². The summed E-state index contributed by atoms with van der Waals surface area (Å²) in [4.78, 5) is 23.8. The molecule has 1 aliphatic carbocycles. The zero-order valence-electron chi connectivity index (χ0n) is 13.4. The average molecular weight is 336 g/mol. The second-order valence-electron chi connectivity index (χ2n) is 5.71. The topological polar surface area (TPSA) is 90.6 Å². The van der Waals surface area contributed by atoms with Crippen molar-refractivity contribution in [3.05, 3.63) is 59.7 Å². The van der Waals surface area contributed by atoms with E-state index in [0.29, 0.717) is 0 Å². The molecule has 0 atom stereocenters. The van der Waals surface area contributed by atoms with Gasteiger partial charge in [-0.3, -0.25) is 9.69 Å². The van der Waals surface area contributed by atoms with Gasteiger partial charge in [0.15, 0.2) is 0 Å². The molecule has 126 valence electrons. The van der Waals surface area contributed by atoms with Crippen molar-refractivity contribution < 1.29 is 19.4 Å². The second kappa shape index (κ2) is 7.05. The molecule has 0 bridgehead atoms. The van der Waals surface area contributed by atoms with Crippen molar-refractivity contribution in [2.24, 2.45) is 0 Å². The highest BCUT2D eigenvalue weighted by atomic mass is 16.6. The van der Waals surface area contributed by atoms with Crippen molar-refractivity contribution in [2.75, 3.05) is 19.7 Å². The Morgan fingerprint density at radius 1 is 1.08 bits per heavy atom. The second-order valence-corrected chi connectivity index (χ2v) is 5.71. The van der Waals surface area contributed by atoms with Crippen LogP contribution in [0.25, 0.3) is 11.1 Å². The minimum atomic E-state index is -1.19. The Labute approximate surface area is 144 Å². The largest absolute Gasteiger partial charge is 0.480 e. The van der Waals surface area contributed by atoms with Crippen molar-refractivity contribution >= 4 is 12.1 Å². The number of carboxylic acid groups (broad SMARTS) is 1. The number of ether oxygens (including phenoxy) is 1. The molecule has 0 heterocycles. The van der Waals surface area contributed by atoms with E-state index in [-0.39, 0.29) is 19.1 Å². The van der Waals surface area contributed by atoms with Crippen LogP contribution in [-0.2, 0) is 9.53 Å². The third kappa shape index (κ3) is 3.31. The van der Waals surface area contributed by atoms with Gasteiger partial charge < -0.3 is 9.84 Å². The first-order valence-corrected chi connectivity index (χ1v) is 7.80. The van der Waals surface area contributed by atoms with Crippen LogP contribution < -0.4 is 0 Å².